The first-order valence-electron chi connectivity index (χ1n) is 9.41. The van der Waals surface area contributed by atoms with E-state index in [0.717, 1.165) is 58.4 Å². The van der Waals surface area contributed by atoms with Gasteiger partial charge in [-0.25, -0.2) is 0 Å². The number of carbonyl (C=O) groups excluding carboxylic acids is 1. The summed E-state index contributed by atoms with van der Waals surface area (Å²) in [5, 5.41) is 3.03. The molecule has 0 bridgehead atoms. The first kappa shape index (κ1) is 19.2. The minimum absolute atomic E-state index is 0.168. The number of carbonyl (C=O) groups is 1. The Balaban J connectivity index is 1.90. The van der Waals surface area contributed by atoms with E-state index in [9.17, 15) is 4.79 Å². The van der Waals surface area contributed by atoms with E-state index in [-0.39, 0.29) is 11.4 Å². The van der Waals surface area contributed by atoms with Crippen molar-refractivity contribution in [3.8, 4) is 0 Å². The summed E-state index contributed by atoms with van der Waals surface area (Å²) in [5.41, 5.74) is 3.06. The maximum absolute atomic E-state index is 11.7. The van der Waals surface area contributed by atoms with Crippen LogP contribution in [0.15, 0.2) is 23.3 Å². The van der Waals surface area contributed by atoms with Crippen molar-refractivity contribution in [3.63, 3.8) is 0 Å². The van der Waals surface area contributed by atoms with E-state index in [1.165, 1.54) is 11.1 Å². The standard InChI is InChI=1S/C20H35N3O/c1-17(2)6-5-7-18(3)9-13-23-15-14-22(4)20(16-23)10-8-19(24)21-12-11-20/h6,9H,5,7-8,10-16H2,1-4H3,(H,21,24)/b18-9+/t20-/m0/s1. The highest BCUT2D eigenvalue weighted by molar-refractivity contribution is 5.76. The molecule has 1 amide bonds. The largest absolute Gasteiger partial charge is 0.356 e. The molecule has 24 heavy (non-hydrogen) atoms. The van der Waals surface area contributed by atoms with Gasteiger partial charge in [0.2, 0.25) is 5.91 Å². The molecule has 2 aliphatic rings. The first-order valence-corrected chi connectivity index (χ1v) is 9.41. The van der Waals surface area contributed by atoms with Gasteiger partial charge in [0.25, 0.3) is 0 Å². The Morgan fingerprint density at radius 3 is 2.75 bits per heavy atom. The highest BCUT2D eigenvalue weighted by Gasteiger charge is 2.40. The summed E-state index contributed by atoms with van der Waals surface area (Å²) in [7, 11) is 2.23. The van der Waals surface area contributed by atoms with Crippen LogP contribution in [0.1, 0.15) is 52.9 Å². The zero-order valence-corrected chi connectivity index (χ0v) is 16.0. The van der Waals surface area contributed by atoms with E-state index in [0.29, 0.717) is 6.42 Å². The van der Waals surface area contributed by atoms with Gasteiger partial charge in [-0.05, 0) is 53.5 Å². The van der Waals surface area contributed by atoms with Crippen molar-refractivity contribution in [1.82, 2.24) is 15.1 Å². The Morgan fingerprint density at radius 2 is 2.00 bits per heavy atom. The molecule has 0 saturated carbocycles. The number of allylic oxidation sites excluding steroid dienone is 3. The number of nitrogens with one attached hydrogen (secondary N) is 1. The van der Waals surface area contributed by atoms with Crippen molar-refractivity contribution in [2.24, 2.45) is 0 Å². The van der Waals surface area contributed by atoms with Crippen LogP contribution in [0.3, 0.4) is 0 Å². The second kappa shape index (κ2) is 8.82. The van der Waals surface area contributed by atoms with Gasteiger partial charge in [-0.3, -0.25) is 14.6 Å². The fourth-order valence-electron chi connectivity index (χ4n) is 3.81. The molecule has 2 heterocycles. The maximum Gasteiger partial charge on any atom is 0.220 e. The number of piperazine rings is 1. The van der Waals surface area contributed by atoms with Crippen molar-refractivity contribution in [1.29, 1.82) is 0 Å². The molecular formula is C20H35N3O. The van der Waals surface area contributed by atoms with Gasteiger partial charge in [-0.1, -0.05) is 23.3 Å². The van der Waals surface area contributed by atoms with Crippen LogP contribution in [-0.4, -0.2) is 61.0 Å². The SMILES string of the molecule is CC(C)=CCC/C(C)=C/CN1CCN(C)[C@@]2(CCNC(=O)CC2)C1. The molecule has 136 valence electrons. The third-order valence-electron chi connectivity index (χ3n) is 5.60. The van der Waals surface area contributed by atoms with Gasteiger partial charge in [0.1, 0.15) is 0 Å². The van der Waals surface area contributed by atoms with Crippen LogP contribution in [0.2, 0.25) is 0 Å². The van der Waals surface area contributed by atoms with Crippen molar-refractivity contribution in [3.05, 3.63) is 23.3 Å². The molecule has 2 fully saturated rings. The summed E-state index contributed by atoms with van der Waals surface area (Å²) in [6.07, 6.45) is 9.73. The van der Waals surface area contributed by atoms with Gasteiger partial charge in [-0.2, -0.15) is 0 Å². The Labute approximate surface area is 148 Å². The third kappa shape index (κ3) is 5.45. The highest BCUT2D eigenvalue weighted by atomic mass is 16.1. The van der Waals surface area contributed by atoms with Crippen molar-refractivity contribution >= 4 is 5.91 Å². The van der Waals surface area contributed by atoms with Gasteiger partial charge in [0.05, 0.1) is 0 Å². The van der Waals surface area contributed by atoms with E-state index >= 15 is 0 Å². The summed E-state index contributed by atoms with van der Waals surface area (Å²) < 4.78 is 0. The number of hydrogen-bond donors (Lipinski definition) is 1. The van der Waals surface area contributed by atoms with Gasteiger partial charge < -0.3 is 5.32 Å². The topological polar surface area (TPSA) is 35.6 Å². The molecule has 0 radical (unpaired) electrons. The summed E-state index contributed by atoms with van der Waals surface area (Å²) in [4.78, 5) is 16.8. The highest BCUT2D eigenvalue weighted by Crippen LogP contribution is 2.30. The lowest BCUT2D eigenvalue weighted by Gasteiger charge is -2.49. The van der Waals surface area contributed by atoms with Gasteiger partial charge in [0.15, 0.2) is 0 Å². The fourth-order valence-corrected chi connectivity index (χ4v) is 3.81. The molecule has 0 aromatic rings. The van der Waals surface area contributed by atoms with Crippen molar-refractivity contribution in [2.75, 3.05) is 39.8 Å². The van der Waals surface area contributed by atoms with E-state index in [2.05, 4.69) is 55.1 Å². The first-order chi connectivity index (χ1) is 11.4. The predicted molar refractivity (Wildman–Crippen MR) is 101 cm³/mol. The van der Waals surface area contributed by atoms with E-state index < -0.39 is 0 Å². The third-order valence-corrected chi connectivity index (χ3v) is 5.60. The lowest BCUT2D eigenvalue weighted by atomic mass is 9.86. The zero-order valence-electron chi connectivity index (χ0n) is 16.0. The van der Waals surface area contributed by atoms with Crippen molar-refractivity contribution in [2.45, 2.75) is 58.4 Å². The number of hydrogen-bond acceptors (Lipinski definition) is 3. The maximum atomic E-state index is 11.7. The molecule has 1 spiro atoms. The van der Waals surface area contributed by atoms with Gasteiger partial charge in [0, 0.05) is 44.7 Å². The molecule has 0 aromatic heterocycles. The van der Waals surface area contributed by atoms with Gasteiger partial charge in [-0.15, -0.1) is 0 Å². The number of nitrogens with zero attached hydrogens (tertiary/aromatic N) is 2. The average Bonchev–Trinajstić information content (AvgIpc) is 2.71. The predicted octanol–water partition coefficient (Wildman–Crippen LogP) is 2.97. The molecule has 0 aliphatic carbocycles. The molecule has 1 N–H and O–H groups in total. The molecule has 2 saturated heterocycles. The number of rotatable bonds is 5. The van der Waals surface area contributed by atoms with Gasteiger partial charge >= 0.3 is 0 Å². The Morgan fingerprint density at radius 1 is 1.21 bits per heavy atom. The molecule has 4 heteroatoms. The Hall–Kier alpha value is -1.13. The Kier molecular flexibility index (Phi) is 7.05. The monoisotopic (exact) mass is 333 g/mol. The number of amides is 1. The van der Waals surface area contributed by atoms with Crippen LogP contribution < -0.4 is 5.32 Å². The van der Waals surface area contributed by atoms with E-state index in [4.69, 9.17) is 0 Å². The fraction of sp³-hybridized carbons (Fsp3) is 0.750. The zero-order chi connectivity index (χ0) is 17.6. The molecule has 1 atom stereocenters. The van der Waals surface area contributed by atoms with Crippen LogP contribution in [-0.2, 0) is 4.79 Å². The van der Waals surface area contributed by atoms with Crippen LogP contribution >= 0.6 is 0 Å². The quantitative estimate of drug-likeness (QED) is 0.786. The molecule has 0 aromatic carbocycles. The lowest BCUT2D eigenvalue weighted by Crippen LogP contribution is -2.61. The summed E-state index contributed by atoms with van der Waals surface area (Å²) >= 11 is 0. The second-order valence-electron chi connectivity index (χ2n) is 7.85. The van der Waals surface area contributed by atoms with Crippen LogP contribution in [0.4, 0.5) is 0 Å². The average molecular weight is 334 g/mol. The summed E-state index contributed by atoms with van der Waals surface area (Å²) in [6.45, 7) is 11.7. The van der Waals surface area contributed by atoms with Crippen LogP contribution in [0, 0.1) is 0 Å². The number of likely N-dealkylation sites (N-methyl/N-ethyl adjacent to an activating group) is 1. The van der Waals surface area contributed by atoms with E-state index in [1.807, 2.05) is 0 Å². The minimum Gasteiger partial charge on any atom is -0.356 e. The second-order valence-corrected chi connectivity index (χ2v) is 7.85. The summed E-state index contributed by atoms with van der Waals surface area (Å²) in [6, 6.07) is 0. The molecule has 2 aliphatic heterocycles. The van der Waals surface area contributed by atoms with Crippen LogP contribution in [0.5, 0.6) is 0 Å². The molecule has 0 unspecified atom stereocenters. The van der Waals surface area contributed by atoms with E-state index in [1.54, 1.807) is 0 Å². The summed E-state index contributed by atoms with van der Waals surface area (Å²) in [5.74, 6) is 0.215. The lowest BCUT2D eigenvalue weighted by molar-refractivity contribution is -0.121. The molecular weight excluding hydrogens is 298 g/mol. The smallest absolute Gasteiger partial charge is 0.220 e. The Bertz CT molecular complexity index is 493. The molecule has 2 rings (SSSR count). The van der Waals surface area contributed by atoms with Crippen molar-refractivity contribution < 1.29 is 4.79 Å². The normalized spacial score (nSPS) is 27.0. The minimum atomic E-state index is 0.168. The molecule has 4 nitrogen and oxygen atoms in total. The van der Waals surface area contributed by atoms with Crippen LogP contribution in [0.25, 0.3) is 0 Å².